The van der Waals surface area contributed by atoms with Gasteiger partial charge in [0.05, 0.1) is 12.2 Å². The molecule has 1 heterocycles. The quantitative estimate of drug-likeness (QED) is 0.907. The first-order chi connectivity index (χ1) is 9.60. The molecular formula is C14H18ClNO3S. The molecule has 0 saturated carbocycles. The molecule has 4 nitrogen and oxygen atoms in total. The van der Waals surface area contributed by atoms with Crippen molar-refractivity contribution >= 4 is 28.3 Å². The van der Waals surface area contributed by atoms with Crippen molar-refractivity contribution < 1.29 is 13.7 Å². The van der Waals surface area contributed by atoms with E-state index in [0.29, 0.717) is 34.4 Å². The normalized spacial score (nSPS) is 21.7. The van der Waals surface area contributed by atoms with Crippen molar-refractivity contribution in [2.45, 2.75) is 25.8 Å². The summed E-state index contributed by atoms with van der Waals surface area (Å²) in [5.74, 6) is 1.49. The van der Waals surface area contributed by atoms with Gasteiger partial charge in [-0.25, -0.2) is 0 Å². The van der Waals surface area contributed by atoms with Crippen LogP contribution in [0.2, 0.25) is 5.02 Å². The van der Waals surface area contributed by atoms with Crippen molar-refractivity contribution in [2.75, 3.05) is 18.1 Å². The highest BCUT2D eigenvalue weighted by molar-refractivity contribution is 7.85. The lowest BCUT2D eigenvalue weighted by Gasteiger charge is -2.14. The average Bonchev–Trinajstić information content (AvgIpc) is 2.82. The van der Waals surface area contributed by atoms with E-state index in [2.05, 4.69) is 5.32 Å². The van der Waals surface area contributed by atoms with E-state index in [0.717, 1.165) is 12.8 Å². The van der Waals surface area contributed by atoms with Gasteiger partial charge >= 0.3 is 0 Å². The first-order valence-corrected chi connectivity index (χ1v) is 8.55. The predicted molar refractivity (Wildman–Crippen MR) is 81.0 cm³/mol. The summed E-state index contributed by atoms with van der Waals surface area (Å²) in [4.78, 5) is 12.3. The second kappa shape index (κ2) is 7.09. The smallest absolute Gasteiger partial charge is 0.255 e. The van der Waals surface area contributed by atoms with E-state index in [4.69, 9.17) is 16.3 Å². The zero-order valence-electron chi connectivity index (χ0n) is 11.4. The molecule has 0 unspecified atom stereocenters. The predicted octanol–water partition coefficient (Wildman–Crippen LogP) is 2.38. The van der Waals surface area contributed by atoms with Crippen LogP contribution in [0.3, 0.4) is 0 Å². The standard InChI is InChI=1S/C14H18ClNO3S/c1-2-6-19-13-4-3-10(15)8-12(13)14(17)16-11-5-7-20(18)9-11/h3-4,8,11H,2,5-7,9H2,1H3,(H,16,17)/t11-,20+/m0/s1. The lowest BCUT2D eigenvalue weighted by molar-refractivity contribution is 0.0937. The Balaban J connectivity index is 2.10. The van der Waals surface area contributed by atoms with Crippen molar-refractivity contribution in [3.8, 4) is 5.75 Å². The van der Waals surface area contributed by atoms with Crippen LogP contribution >= 0.6 is 11.6 Å². The molecular weight excluding hydrogens is 298 g/mol. The van der Waals surface area contributed by atoms with Crippen LogP contribution in [0.4, 0.5) is 0 Å². The number of hydrogen-bond acceptors (Lipinski definition) is 3. The van der Waals surface area contributed by atoms with Crippen molar-refractivity contribution in [1.82, 2.24) is 5.32 Å². The molecule has 1 saturated heterocycles. The molecule has 1 aliphatic heterocycles. The number of amides is 1. The van der Waals surface area contributed by atoms with Gasteiger partial charge in [-0.1, -0.05) is 18.5 Å². The molecule has 2 rings (SSSR count). The number of benzene rings is 1. The Morgan fingerprint density at radius 2 is 2.35 bits per heavy atom. The van der Waals surface area contributed by atoms with Crippen LogP contribution in [0.5, 0.6) is 5.75 Å². The minimum Gasteiger partial charge on any atom is -0.493 e. The number of carbonyl (C=O) groups is 1. The van der Waals surface area contributed by atoms with Crippen molar-refractivity contribution in [2.24, 2.45) is 0 Å². The van der Waals surface area contributed by atoms with Gasteiger partial charge in [0.2, 0.25) is 0 Å². The van der Waals surface area contributed by atoms with Gasteiger partial charge in [-0.3, -0.25) is 9.00 Å². The molecule has 6 heteroatoms. The van der Waals surface area contributed by atoms with Gasteiger partial charge in [-0.15, -0.1) is 0 Å². The number of rotatable bonds is 5. The van der Waals surface area contributed by atoms with Crippen LogP contribution in [-0.4, -0.2) is 34.3 Å². The Morgan fingerprint density at radius 1 is 1.55 bits per heavy atom. The van der Waals surface area contributed by atoms with Crippen LogP contribution < -0.4 is 10.1 Å². The molecule has 2 atom stereocenters. The summed E-state index contributed by atoms with van der Waals surface area (Å²) in [6.45, 7) is 2.55. The maximum Gasteiger partial charge on any atom is 0.255 e. The van der Waals surface area contributed by atoms with Crippen LogP contribution in [0.25, 0.3) is 0 Å². The van der Waals surface area contributed by atoms with Crippen molar-refractivity contribution in [3.05, 3.63) is 28.8 Å². The molecule has 1 aromatic rings. The molecule has 1 amide bonds. The summed E-state index contributed by atoms with van der Waals surface area (Å²) in [5, 5.41) is 3.39. The Bertz CT molecular complexity index is 521. The average molecular weight is 316 g/mol. The van der Waals surface area contributed by atoms with Crippen molar-refractivity contribution in [3.63, 3.8) is 0 Å². The molecule has 1 N–H and O–H groups in total. The van der Waals surface area contributed by atoms with Crippen LogP contribution in [0.1, 0.15) is 30.1 Å². The third-order valence-corrected chi connectivity index (χ3v) is 4.76. The van der Waals surface area contributed by atoms with Gasteiger partial charge in [0, 0.05) is 33.4 Å². The Kier molecular flexibility index (Phi) is 5.43. The van der Waals surface area contributed by atoms with Crippen LogP contribution in [-0.2, 0) is 10.8 Å². The van der Waals surface area contributed by atoms with Crippen LogP contribution in [0, 0.1) is 0 Å². The minimum atomic E-state index is -0.812. The zero-order chi connectivity index (χ0) is 14.5. The van der Waals surface area contributed by atoms with E-state index >= 15 is 0 Å². The van der Waals surface area contributed by atoms with Gasteiger partial charge in [-0.05, 0) is 31.0 Å². The lowest BCUT2D eigenvalue weighted by Crippen LogP contribution is -2.35. The van der Waals surface area contributed by atoms with Gasteiger partial charge < -0.3 is 10.1 Å². The third-order valence-electron chi connectivity index (χ3n) is 3.06. The minimum absolute atomic E-state index is 0.0265. The van der Waals surface area contributed by atoms with Crippen molar-refractivity contribution in [1.29, 1.82) is 0 Å². The molecule has 0 aromatic heterocycles. The summed E-state index contributed by atoms with van der Waals surface area (Å²) in [6.07, 6.45) is 1.62. The molecule has 0 aliphatic carbocycles. The zero-order valence-corrected chi connectivity index (χ0v) is 12.9. The summed E-state index contributed by atoms with van der Waals surface area (Å²) < 4.78 is 16.9. The van der Waals surface area contributed by atoms with Gasteiger partial charge in [0.25, 0.3) is 5.91 Å². The highest BCUT2D eigenvalue weighted by Gasteiger charge is 2.24. The number of nitrogens with one attached hydrogen (secondary N) is 1. The summed E-state index contributed by atoms with van der Waals surface area (Å²) >= 11 is 5.95. The molecule has 110 valence electrons. The van der Waals surface area contributed by atoms with E-state index in [9.17, 15) is 9.00 Å². The topological polar surface area (TPSA) is 55.4 Å². The van der Waals surface area contributed by atoms with E-state index in [1.54, 1.807) is 18.2 Å². The maximum absolute atomic E-state index is 12.3. The Labute approximate surface area is 126 Å². The second-order valence-corrected chi connectivity index (χ2v) is 6.82. The lowest BCUT2D eigenvalue weighted by atomic mass is 10.1. The number of hydrogen-bond donors (Lipinski definition) is 1. The fourth-order valence-corrected chi connectivity index (χ4v) is 3.64. The van der Waals surface area contributed by atoms with E-state index in [1.807, 2.05) is 6.92 Å². The largest absolute Gasteiger partial charge is 0.493 e. The monoisotopic (exact) mass is 315 g/mol. The van der Waals surface area contributed by atoms with E-state index in [1.165, 1.54) is 0 Å². The number of ether oxygens (including phenoxy) is 1. The van der Waals surface area contributed by atoms with Gasteiger partial charge in [0.15, 0.2) is 0 Å². The molecule has 0 radical (unpaired) electrons. The van der Waals surface area contributed by atoms with E-state index in [-0.39, 0.29) is 11.9 Å². The Morgan fingerprint density at radius 3 is 3.00 bits per heavy atom. The number of carbonyl (C=O) groups excluding carboxylic acids is 1. The molecule has 0 bridgehead atoms. The summed E-state index contributed by atoms with van der Waals surface area (Å²) in [6, 6.07) is 4.99. The maximum atomic E-state index is 12.3. The fourth-order valence-electron chi connectivity index (χ4n) is 2.06. The van der Waals surface area contributed by atoms with E-state index < -0.39 is 10.8 Å². The SMILES string of the molecule is CCCOc1ccc(Cl)cc1C(=O)N[C@H]1CC[S@@](=O)C1. The first kappa shape index (κ1) is 15.3. The molecule has 20 heavy (non-hydrogen) atoms. The molecule has 0 spiro atoms. The third kappa shape index (κ3) is 3.96. The second-order valence-electron chi connectivity index (χ2n) is 4.76. The molecule has 1 aromatic carbocycles. The highest BCUT2D eigenvalue weighted by atomic mass is 35.5. The summed E-state index contributed by atoms with van der Waals surface area (Å²) in [7, 11) is -0.812. The highest BCUT2D eigenvalue weighted by Crippen LogP contribution is 2.23. The first-order valence-electron chi connectivity index (χ1n) is 6.68. The van der Waals surface area contributed by atoms with Gasteiger partial charge in [-0.2, -0.15) is 0 Å². The summed E-state index contributed by atoms with van der Waals surface area (Å²) in [5.41, 5.74) is 0.434. The van der Waals surface area contributed by atoms with Gasteiger partial charge in [0.1, 0.15) is 5.75 Å². The molecule has 1 fully saturated rings. The number of halogens is 1. The Hall–Kier alpha value is -1.07. The fraction of sp³-hybridized carbons (Fsp3) is 0.500. The molecule has 1 aliphatic rings. The van der Waals surface area contributed by atoms with Crippen LogP contribution in [0.15, 0.2) is 18.2 Å².